The van der Waals surface area contributed by atoms with E-state index >= 15 is 0 Å². The molecule has 1 N–H and O–H groups in total. The van der Waals surface area contributed by atoms with Crippen molar-refractivity contribution in [2.24, 2.45) is 0 Å². The summed E-state index contributed by atoms with van der Waals surface area (Å²) >= 11 is 3.30. The number of furan rings is 1. The molecule has 0 saturated heterocycles. The Bertz CT molecular complexity index is 607. The van der Waals surface area contributed by atoms with Gasteiger partial charge in [-0.1, -0.05) is 22.0 Å². The van der Waals surface area contributed by atoms with Crippen LogP contribution in [-0.4, -0.2) is 18.6 Å². The van der Waals surface area contributed by atoms with Crippen molar-refractivity contribution in [1.82, 2.24) is 5.32 Å². The van der Waals surface area contributed by atoms with Gasteiger partial charge in [-0.15, -0.1) is 0 Å². The Hall–Kier alpha value is -1.50. The number of benzene rings is 1. The van der Waals surface area contributed by atoms with Gasteiger partial charge in [-0.05, 0) is 18.2 Å². The molecule has 0 aliphatic rings. The first-order valence-electron chi connectivity index (χ1n) is 5.40. The number of nitrogens with one attached hydrogen (secondary N) is 1. The molecule has 2 aromatic rings. The normalized spacial score (nSPS) is 11.8. The second kappa shape index (κ2) is 5.24. The molecule has 0 unspecified atom stereocenters. The first-order chi connectivity index (χ1) is 8.87. The van der Waals surface area contributed by atoms with E-state index in [0.29, 0.717) is 11.0 Å². The van der Waals surface area contributed by atoms with Crippen LogP contribution in [0.15, 0.2) is 33.2 Å². The third-order valence-electron chi connectivity index (χ3n) is 2.43. The van der Waals surface area contributed by atoms with Gasteiger partial charge in [0, 0.05) is 16.4 Å². The molecule has 7 heteroatoms. The number of carbonyl (C=O) groups excluding carboxylic acids is 1. The van der Waals surface area contributed by atoms with Gasteiger partial charge in [0.15, 0.2) is 5.76 Å². The molecule has 1 aromatic heterocycles. The fourth-order valence-corrected chi connectivity index (χ4v) is 2.00. The van der Waals surface area contributed by atoms with Crippen LogP contribution in [0.2, 0.25) is 0 Å². The van der Waals surface area contributed by atoms with Gasteiger partial charge in [-0.2, -0.15) is 13.2 Å². The average molecular weight is 336 g/mol. The Kier molecular flexibility index (Phi) is 3.84. The average Bonchev–Trinajstić information content (AvgIpc) is 2.72. The molecule has 19 heavy (non-hydrogen) atoms. The quantitative estimate of drug-likeness (QED) is 0.924. The van der Waals surface area contributed by atoms with Gasteiger partial charge in [0.1, 0.15) is 5.58 Å². The molecule has 1 aromatic carbocycles. The second-order valence-electron chi connectivity index (χ2n) is 3.88. The third-order valence-corrected chi connectivity index (χ3v) is 3.12. The van der Waals surface area contributed by atoms with Crippen LogP contribution < -0.4 is 5.32 Å². The van der Waals surface area contributed by atoms with Crippen LogP contribution in [0, 0.1) is 0 Å². The molecule has 1 amide bonds. The van der Waals surface area contributed by atoms with E-state index in [-0.39, 0.29) is 5.76 Å². The number of fused-ring (bicyclic) bond motifs is 1. The number of amides is 1. The fourth-order valence-electron chi connectivity index (χ4n) is 1.54. The maximum atomic E-state index is 11.9. The molecule has 0 saturated carbocycles. The smallest absolute Gasteiger partial charge is 0.390 e. The predicted octanol–water partition coefficient (Wildman–Crippen LogP) is 3.88. The minimum Gasteiger partial charge on any atom is -0.451 e. The molecule has 3 nitrogen and oxygen atoms in total. The summed E-state index contributed by atoms with van der Waals surface area (Å²) in [5.41, 5.74) is 0.496. The number of carbonyl (C=O) groups is 1. The molecule has 0 fully saturated rings. The van der Waals surface area contributed by atoms with Gasteiger partial charge in [0.25, 0.3) is 5.91 Å². The number of halogens is 4. The van der Waals surface area contributed by atoms with Crippen molar-refractivity contribution in [2.45, 2.75) is 12.6 Å². The van der Waals surface area contributed by atoms with Crippen LogP contribution in [0.4, 0.5) is 13.2 Å². The van der Waals surface area contributed by atoms with Crippen LogP contribution in [0.3, 0.4) is 0 Å². The lowest BCUT2D eigenvalue weighted by atomic mass is 10.2. The molecule has 102 valence electrons. The molecule has 0 atom stereocenters. The molecule has 0 radical (unpaired) electrons. The zero-order valence-corrected chi connectivity index (χ0v) is 11.1. The summed E-state index contributed by atoms with van der Waals surface area (Å²) < 4.78 is 41.9. The lowest BCUT2D eigenvalue weighted by Gasteiger charge is -2.06. The van der Waals surface area contributed by atoms with Crippen molar-refractivity contribution < 1.29 is 22.4 Å². The largest absolute Gasteiger partial charge is 0.451 e. The van der Waals surface area contributed by atoms with Crippen molar-refractivity contribution in [3.63, 3.8) is 0 Å². The lowest BCUT2D eigenvalue weighted by molar-refractivity contribution is -0.133. The summed E-state index contributed by atoms with van der Waals surface area (Å²) in [5, 5.41) is 2.87. The topological polar surface area (TPSA) is 42.2 Å². The highest BCUT2D eigenvalue weighted by Crippen LogP contribution is 2.27. The first kappa shape index (κ1) is 13.9. The molecule has 1 heterocycles. The summed E-state index contributed by atoms with van der Waals surface area (Å²) in [6, 6.07) is 6.68. The highest BCUT2D eigenvalue weighted by atomic mass is 79.9. The fraction of sp³-hybridized carbons (Fsp3) is 0.250. The maximum absolute atomic E-state index is 11.9. The molecule has 0 spiro atoms. The van der Waals surface area contributed by atoms with Crippen LogP contribution in [0.25, 0.3) is 11.0 Å². The highest BCUT2D eigenvalue weighted by Gasteiger charge is 2.26. The molecule has 0 aliphatic heterocycles. The Morgan fingerprint density at radius 2 is 2.11 bits per heavy atom. The van der Waals surface area contributed by atoms with Crippen LogP contribution in [0.1, 0.15) is 17.0 Å². The number of alkyl halides is 3. The van der Waals surface area contributed by atoms with E-state index in [0.717, 1.165) is 4.47 Å². The van der Waals surface area contributed by atoms with E-state index < -0.39 is 25.0 Å². The van der Waals surface area contributed by atoms with Gasteiger partial charge in [0.05, 0.1) is 6.42 Å². The Balaban J connectivity index is 2.08. The Morgan fingerprint density at radius 3 is 2.74 bits per heavy atom. The zero-order valence-electron chi connectivity index (χ0n) is 9.55. The summed E-state index contributed by atoms with van der Waals surface area (Å²) in [6.45, 7) is -0.472. The van der Waals surface area contributed by atoms with E-state index in [2.05, 4.69) is 21.2 Å². The molecular formula is C12H9BrF3NO2. The van der Waals surface area contributed by atoms with E-state index in [1.54, 1.807) is 18.2 Å². The number of hydrogen-bond donors (Lipinski definition) is 1. The van der Waals surface area contributed by atoms with Crippen molar-refractivity contribution in [3.8, 4) is 0 Å². The summed E-state index contributed by atoms with van der Waals surface area (Å²) in [7, 11) is 0. The van der Waals surface area contributed by atoms with Gasteiger partial charge in [-0.25, -0.2) is 0 Å². The first-order valence-corrected chi connectivity index (χ1v) is 6.19. The number of rotatable bonds is 3. The van der Waals surface area contributed by atoms with E-state index in [4.69, 9.17) is 4.42 Å². The van der Waals surface area contributed by atoms with Gasteiger partial charge in [0.2, 0.25) is 0 Å². The zero-order chi connectivity index (χ0) is 14.0. The number of hydrogen-bond acceptors (Lipinski definition) is 2. The van der Waals surface area contributed by atoms with Crippen LogP contribution in [-0.2, 0) is 0 Å². The van der Waals surface area contributed by atoms with E-state index in [1.807, 2.05) is 0 Å². The van der Waals surface area contributed by atoms with E-state index in [1.165, 1.54) is 6.07 Å². The van der Waals surface area contributed by atoms with Crippen molar-refractivity contribution in [3.05, 3.63) is 34.5 Å². The predicted molar refractivity (Wildman–Crippen MR) is 66.9 cm³/mol. The molecular weight excluding hydrogens is 327 g/mol. The summed E-state index contributed by atoms with van der Waals surface area (Å²) in [4.78, 5) is 11.6. The van der Waals surface area contributed by atoms with Gasteiger partial charge in [-0.3, -0.25) is 4.79 Å². The minimum atomic E-state index is -4.29. The molecule has 0 aliphatic carbocycles. The lowest BCUT2D eigenvalue weighted by Crippen LogP contribution is -2.27. The Morgan fingerprint density at radius 1 is 1.37 bits per heavy atom. The standard InChI is InChI=1S/C12H9BrF3NO2/c13-8-2-1-3-9-7(8)6-10(19-9)11(18)17-5-4-12(14,15)16/h1-3,6H,4-5H2,(H,17,18). The molecule has 0 bridgehead atoms. The molecule has 2 rings (SSSR count). The highest BCUT2D eigenvalue weighted by molar-refractivity contribution is 9.10. The summed E-state index contributed by atoms with van der Waals surface area (Å²) in [5.74, 6) is -0.670. The maximum Gasteiger partial charge on any atom is 0.390 e. The third kappa shape index (κ3) is 3.50. The van der Waals surface area contributed by atoms with Crippen molar-refractivity contribution >= 4 is 32.8 Å². The van der Waals surface area contributed by atoms with Crippen molar-refractivity contribution in [1.29, 1.82) is 0 Å². The SMILES string of the molecule is O=C(NCCC(F)(F)F)c1cc2c(Br)cccc2o1. The van der Waals surface area contributed by atoms with Crippen LogP contribution in [0.5, 0.6) is 0 Å². The monoisotopic (exact) mass is 335 g/mol. The minimum absolute atomic E-state index is 0.0101. The van der Waals surface area contributed by atoms with Gasteiger partial charge < -0.3 is 9.73 Å². The van der Waals surface area contributed by atoms with Gasteiger partial charge >= 0.3 is 6.18 Å². The second-order valence-corrected chi connectivity index (χ2v) is 4.74. The van der Waals surface area contributed by atoms with Crippen molar-refractivity contribution in [2.75, 3.05) is 6.54 Å². The Labute approximate surface area is 114 Å². The van der Waals surface area contributed by atoms with E-state index in [9.17, 15) is 18.0 Å². The van der Waals surface area contributed by atoms with Crippen LogP contribution >= 0.6 is 15.9 Å². The summed E-state index contributed by atoms with van der Waals surface area (Å²) in [6.07, 6.45) is -5.35.